The first-order valence-corrected chi connectivity index (χ1v) is 10.2. The van der Waals surface area contributed by atoms with Crippen molar-refractivity contribution in [3.8, 4) is 17.1 Å². The Hall–Kier alpha value is -4.32. The summed E-state index contributed by atoms with van der Waals surface area (Å²) < 4.78 is 6.71. The topological polar surface area (TPSA) is 166 Å². The van der Waals surface area contributed by atoms with Gasteiger partial charge < -0.3 is 15.6 Å². The SMILES string of the molecule is Cc1noc(-c2c(N)ncnc2N[C@@H](C)c2nc3cccc(Cl)c3c(=O)n2-c2cn[nH]c2)n1. The molecule has 0 aliphatic carbocycles. The zero-order valence-electron chi connectivity index (χ0n) is 17.4. The maximum absolute atomic E-state index is 13.5. The minimum Gasteiger partial charge on any atom is -0.383 e. The number of aromatic amines is 1. The van der Waals surface area contributed by atoms with Gasteiger partial charge in [0.25, 0.3) is 11.4 Å². The Labute approximate surface area is 190 Å². The number of hydrogen-bond acceptors (Lipinski definition) is 10. The van der Waals surface area contributed by atoms with Crippen LogP contribution in [0.25, 0.3) is 28.0 Å². The molecular formula is C20H17ClN10O2. The maximum Gasteiger partial charge on any atom is 0.267 e. The Morgan fingerprint density at radius 1 is 1.27 bits per heavy atom. The predicted molar refractivity (Wildman–Crippen MR) is 121 cm³/mol. The van der Waals surface area contributed by atoms with E-state index < -0.39 is 6.04 Å². The summed E-state index contributed by atoms with van der Waals surface area (Å²) in [4.78, 5) is 30.7. The first kappa shape index (κ1) is 20.6. The number of anilines is 2. The summed E-state index contributed by atoms with van der Waals surface area (Å²) in [6, 6.07) is 4.60. The van der Waals surface area contributed by atoms with Crippen molar-refractivity contribution in [2.24, 2.45) is 0 Å². The highest BCUT2D eigenvalue weighted by molar-refractivity contribution is 6.35. The molecule has 0 amide bonds. The number of benzene rings is 1. The normalized spacial score (nSPS) is 12.2. The lowest BCUT2D eigenvalue weighted by molar-refractivity contribution is 0.425. The van der Waals surface area contributed by atoms with Gasteiger partial charge in [-0.1, -0.05) is 22.8 Å². The van der Waals surface area contributed by atoms with Gasteiger partial charge in [-0.2, -0.15) is 10.1 Å². The van der Waals surface area contributed by atoms with Crippen molar-refractivity contribution in [3.05, 3.63) is 63.9 Å². The van der Waals surface area contributed by atoms with Crippen molar-refractivity contribution in [1.82, 2.24) is 39.9 Å². The summed E-state index contributed by atoms with van der Waals surface area (Å²) in [5.41, 5.74) is 7.08. The zero-order chi connectivity index (χ0) is 23.1. The summed E-state index contributed by atoms with van der Waals surface area (Å²) in [7, 11) is 0. The van der Waals surface area contributed by atoms with E-state index in [9.17, 15) is 4.79 Å². The number of nitrogens with two attached hydrogens (primary N) is 1. The van der Waals surface area contributed by atoms with E-state index in [-0.39, 0.29) is 17.3 Å². The molecule has 1 aromatic carbocycles. The fraction of sp³-hybridized carbons (Fsp3) is 0.150. The van der Waals surface area contributed by atoms with E-state index in [2.05, 4.69) is 35.6 Å². The number of nitrogens with zero attached hydrogens (tertiary/aromatic N) is 7. The van der Waals surface area contributed by atoms with Crippen LogP contribution in [-0.2, 0) is 0 Å². The van der Waals surface area contributed by atoms with Gasteiger partial charge in [-0.15, -0.1) is 0 Å². The summed E-state index contributed by atoms with van der Waals surface area (Å²) in [5.74, 6) is 1.52. The monoisotopic (exact) mass is 464 g/mol. The summed E-state index contributed by atoms with van der Waals surface area (Å²) >= 11 is 6.32. The van der Waals surface area contributed by atoms with Gasteiger partial charge >= 0.3 is 0 Å². The highest BCUT2D eigenvalue weighted by Crippen LogP contribution is 2.32. The van der Waals surface area contributed by atoms with Crippen LogP contribution in [0.15, 0.2) is 46.2 Å². The quantitative estimate of drug-likeness (QED) is 0.351. The third kappa shape index (κ3) is 3.55. The number of rotatable bonds is 5. The van der Waals surface area contributed by atoms with Gasteiger partial charge in [0, 0.05) is 6.20 Å². The Morgan fingerprint density at radius 3 is 2.85 bits per heavy atom. The van der Waals surface area contributed by atoms with E-state index in [1.807, 2.05) is 6.92 Å². The first-order valence-electron chi connectivity index (χ1n) is 9.82. The Morgan fingerprint density at radius 2 is 2.12 bits per heavy atom. The van der Waals surface area contributed by atoms with E-state index in [0.717, 1.165) is 0 Å². The highest BCUT2D eigenvalue weighted by Gasteiger charge is 2.23. The van der Waals surface area contributed by atoms with Crippen LogP contribution in [0, 0.1) is 6.92 Å². The molecule has 4 N–H and O–H groups in total. The molecule has 0 radical (unpaired) electrons. The molecule has 0 unspecified atom stereocenters. The standard InChI is InChI=1S/C20H17ClN10O2/c1-9(27-17-15(16(22)23-8-24-17)19-28-10(2)30-33-19)18-29-13-5-3-4-12(21)14(13)20(32)31(18)11-6-25-26-7-11/h3-9H,1-2H3,(H,25,26)(H3,22,23,24,27)/t9-/m0/s1. The summed E-state index contributed by atoms with van der Waals surface area (Å²) in [5, 5.41) is 14.4. The molecule has 33 heavy (non-hydrogen) atoms. The molecule has 13 heteroatoms. The first-order chi connectivity index (χ1) is 15.9. The lowest BCUT2D eigenvalue weighted by atomic mass is 10.2. The van der Waals surface area contributed by atoms with Crippen LogP contribution in [0.3, 0.4) is 0 Å². The fourth-order valence-corrected chi connectivity index (χ4v) is 3.75. The van der Waals surface area contributed by atoms with E-state index in [1.54, 1.807) is 31.3 Å². The van der Waals surface area contributed by atoms with Crippen LogP contribution in [0.1, 0.15) is 24.6 Å². The molecule has 0 spiro atoms. The maximum atomic E-state index is 13.5. The lowest BCUT2D eigenvalue weighted by Crippen LogP contribution is -2.27. The molecule has 0 bridgehead atoms. The largest absolute Gasteiger partial charge is 0.383 e. The molecule has 166 valence electrons. The van der Waals surface area contributed by atoms with E-state index in [1.165, 1.54) is 17.1 Å². The molecule has 5 rings (SSSR count). The highest BCUT2D eigenvalue weighted by atomic mass is 35.5. The zero-order valence-corrected chi connectivity index (χ0v) is 18.2. The molecule has 4 aromatic heterocycles. The fourth-order valence-electron chi connectivity index (χ4n) is 3.50. The summed E-state index contributed by atoms with van der Waals surface area (Å²) in [6.07, 6.45) is 4.43. The van der Waals surface area contributed by atoms with E-state index in [0.29, 0.717) is 44.6 Å². The molecule has 5 aromatic rings. The van der Waals surface area contributed by atoms with Crippen molar-refractivity contribution in [3.63, 3.8) is 0 Å². The third-order valence-electron chi connectivity index (χ3n) is 4.97. The average molecular weight is 465 g/mol. The number of nitrogen functional groups attached to an aromatic ring is 1. The predicted octanol–water partition coefficient (Wildman–Crippen LogP) is 2.67. The van der Waals surface area contributed by atoms with Gasteiger partial charge in [-0.3, -0.25) is 14.5 Å². The molecule has 0 saturated carbocycles. The molecule has 4 heterocycles. The molecule has 0 aliphatic heterocycles. The van der Waals surface area contributed by atoms with Crippen molar-refractivity contribution in [1.29, 1.82) is 0 Å². The van der Waals surface area contributed by atoms with Gasteiger partial charge in [-0.05, 0) is 26.0 Å². The van der Waals surface area contributed by atoms with Crippen molar-refractivity contribution in [2.45, 2.75) is 19.9 Å². The number of nitrogens with one attached hydrogen (secondary N) is 2. The van der Waals surface area contributed by atoms with Crippen LogP contribution in [0.2, 0.25) is 5.02 Å². The molecule has 0 aliphatic rings. The van der Waals surface area contributed by atoms with Gasteiger partial charge in [0.1, 0.15) is 29.4 Å². The van der Waals surface area contributed by atoms with E-state index >= 15 is 0 Å². The van der Waals surface area contributed by atoms with Crippen molar-refractivity contribution in [2.75, 3.05) is 11.1 Å². The molecule has 12 nitrogen and oxygen atoms in total. The van der Waals surface area contributed by atoms with Crippen molar-refractivity contribution >= 4 is 34.1 Å². The minimum atomic E-state index is -0.520. The van der Waals surface area contributed by atoms with Gasteiger partial charge in [-0.25, -0.2) is 15.0 Å². The van der Waals surface area contributed by atoms with Crippen LogP contribution < -0.4 is 16.6 Å². The second kappa shape index (κ2) is 7.98. The van der Waals surface area contributed by atoms with E-state index in [4.69, 9.17) is 26.8 Å². The Kier molecular flexibility index (Phi) is 4.98. The number of halogens is 1. The van der Waals surface area contributed by atoms with Crippen LogP contribution >= 0.6 is 11.6 Å². The van der Waals surface area contributed by atoms with Gasteiger partial charge in [0.15, 0.2) is 5.82 Å². The second-order valence-corrected chi connectivity index (χ2v) is 7.60. The third-order valence-corrected chi connectivity index (χ3v) is 5.29. The Balaban J connectivity index is 1.66. The molecule has 1 atom stereocenters. The number of aryl methyl sites for hydroxylation is 1. The number of aromatic nitrogens is 8. The Bertz CT molecular complexity index is 1530. The van der Waals surface area contributed by atoms with Crippen molar-refractivity contribution < 1.29 is 4.52 Å². The van der Waals surface area contributed by atoms with Crippen LogP contribution in [0.5, 0.6) is 0 Å². The number of H-pyrrole nitrogens is 1. The number of fused-ring (bicyclic) bond motifs is 1. The van der Waals surface area contributed by atoms with Crippen LogP contribution in [-0.4, -0.2) is 39.9 Å². The molecule has 0 saturated heterocycles. The lowest BCUT2D eigenvalue weighted by Gasteiger charge is -2.20. The van der Waals surface area contributed by atoms with Gasteiger partial charge in [0.05, 0.1) is 33.9 Å². The van der Waals surface area contributed by atoms with Crippen LogP contribution in [0.4, 0.5) is 11.6 Å². The van der Waals surface area contributed by atoms with Gasteiger partial charge in [0.2, 0.25) is 0 Å². The molecular weight excluding hydrogens is 448 g/mol. The molecule has 0 fully saturated rings. The minimum absolute atomic E-state index is 0.161. The number of hydrogen-bond donors (Lipinski definition) is 3. The smallest absolute Gasteiger partial charge is 0.267 e. The second-order valence-electron chi connectivity index (χ2n) is 7.20. The summed E-state index contributed by atoms with van der Waals surface area (Å²) in [6.45, 7) is 3.52. The average Bonchev–Trinajstić information content (AvgIpc) is 3.45.